The number of hydrogen-bond acceptors (Lipinski definition) is 2. The Hall–Kier alpha value is -2.07. The van der Waals surface area contributed by atoms with Crippen LogP contribution in [0.1, 0.15) is 24.0 Å². The van der Waals surface area contributed by atoms with Gasteiger partial charge in [-0.3, -0.25) is 0 Å². The van der Waals surface area contributed by atoms with Gasteiger partial charge in [0.2, 0.25) is 0 Å². The topological polar surface area (TPSA) is 29.9 Å². The van der Waals surface area contributed by atoms with Crippen molar-refractivity contribution in [2.45, 2.75) is 26.2 Å². The molecule has 4 heteroatoms. The van der Waals surface area contributed by atoms with Gasteiger partial charge in [0.15, 0.2) is 0 Å². The van der Waals surface area contributed by atoms with E-state index in [2.05, 4.69) is 75.3 Å². The van der Waals surface area contributed by atoms with E-state index in [-0.39, 0.29) is 0 Å². The van der Waals surface area contributed by atoms with Gasteiger partial charge in [-0.2, -0.15) is 5.10 Å². The molecule has 0 unspecified atom stereocenters. The van der Waals surface area contributed by atoms with Gasteiger partial charge in [0.25, 0.3) is 0 Å². The van der Waals surface area contributed by atoms with Crippen LogP contribution >= 0.6 is 15.9 Å². The molecule has 0 bridgehead atoms. The maximum absolute atomic E-state index is 4.99. The Kier molecular flexibility index (Phi) is 4.15. The third-order valence-corrected chi connectivity index (χ3v) is 5.23. The number of aryl methyl sites for hydroxylation is 1. The Balaban J connectivity index is 1.92. The number of rotatable bonds is 2. The number of hydrogen-bond donors (Lipinski definition) is 1. The molecular weight excluding hydrogens is 362 g/mol. The Labute approximate surface area is 150 Å². The second kappa shape index (κ2) is 6.44. The van der Waals surface area contributed by atoms with E-state index in [0.717, 1.165) is 40.2 Å². The number of aromatic nitrogens is 2. The first kappa shape index (κ1) is 15.5. The summed E-state index contributed by atoms with van der Waals surface area (Å²) >= 11 is 3.69. The molecule has 0 atom stereocenters. The molecule has 0 saturated heterocycles. The lowest BCUT2D eigenvalue weighted by Gasteiger charge is -2.09. The number of nitrogens with one attached hydrogen (secondary N) is 1. The molecule has 0 radical (unpaired) electrons. The first-order valence-electron chi connectivity index (χ1n) is 8.42. The summed E-state index contributed by atoms with van der Waals surface area (Å²) in [5, 5.41) is 8.59. The summed E-state index contributed by atoms with van der Waals surface area (Å²) in [6.45, 7) is 3.11. The number of halogens is 1. The van der Waals surface area contributed by atoms with E-state index in [1.54, 1.807) is 0 Å². The van der Waals surface area contributed by atoms with E-state index in [1.807, 2.05) is 6.07 Å². The largest absolute Gasteiger partial charge is 0.370 e. The SMILES string of the molecule is Cc1ccc(-n2nc(-c3ccccc3Br)c3c2NCCCC3)cc1. The van der Waals surface area contributed by atoms with Gasteiger partial charge in [-0.1, -0.05) is 51.8 Å². The summed E-state index contributed by atoms with van der Waals surface area (Å²) < 4.78 is 3.15. The molecule has 0 fully saturated rings. The minimum atomic E-state index is 1.000. The Morgan fingerprint density at radius 2 is 1.83 bits per heavy atom. The number of nitrogens with zero attached hydrogens (tertiary/aromatic N) is 2. The normalized spacial score (nSPS) is 13.9. The lowest BCUT2D eigenvalue weighted by atomic mass is 10.0. The van der Waals surface area contributed by atoms with Crippen molar-refractivity contribution in [3.8, 4) is 16.9 Å². The van der Waals surface area contributed by atoms with E-state index >= 15 is 0 Å². The molecule has 0 spiro atoms. The number of anilines is 1. The molecule has 0 aliphatic carbocycles. The minimum Gasteiger partial charge on any atom is -0.370 e. The maximum atomic E-state index is 4.99. The average molecular weight is 382 g/mol. The molecule has 24 heavy (non-hydrogen) atoms. The van der Waals surface area contributed by atoms with Crippen molar-refractivity contribution in [2.24, 2.45) is 0 Å². The molecule has 4 rings (SSSR count). The highest BCUT2D eigenvalue weighted by molar-refractivity contribution is 9.10. The predicted octanol–water partition coefficient (Wildman–Crippen LogP) is 5.36. The van der Waals surface area contributed by atoms with Crippen molar-refractivity contribution in [1.82, 2.24) is 9.78 Å². The van der Waals surface area contributed by atoms with Gasteiger partial charge < -0.3 is 5.32 Å². The summed E-state index contributed by atoms with van der Waals surface area (Å²) in [6, 6.07) is 16.9. The summed E-state index contributed by atoms with van der Waals surface area (Å²) in [5.41, 5.74) is 5.91. The van der Waals surface area contributed by atoms with Crippen LogP contribution in [0.3, 0.4) is 0 Å². The van der Waals surface area contributed by atoms with E-state index in [1.165, 1.54) is 24.0 Å². The highest BCUT2D eigenvalue weighted by atomic mass is 79.9. The first-order valence-corrected chi connectivity index (χ1v) is 9.21. The van der Waals surface area contributed by atoms with Gasteiger partial charge in [0.05, 0.1) is 11.4 Å². The van der Waals surface area contributed by atoms with Crippen molar-refractivity contribution >= 4 is 21.7 Å². The van der Waals surface area contributed by atoms with Crippen LogP contribution < -0.4 is 5.32 Å². The average Bonchev–Trinajstić information content (AvgIpc) is 2.78. The molecule has 1 aromatic heterocycles. The molecule has 1 aliphatic rings. The number of benzene rings is 2. The molecule has 1 aliphatic heterocycles. The summed E-state index contributed by atoms with van der Waals surface area (Å²) in [7, 11) is 0. The maximum Gasteiger partial charge on any atom is 0.133 e. The standard InChI is InChI=1S/C20H20BrN3/c1-14-9-11-15(12-10-14)24-20-17(7-4-5-13-22-20)19(23-24)16-6-2-3-8-18(16)21/h2-3,6,8-12,22H,4-5,7,13H2,1H3. The van der Waals surface area contributed by atoms with Crippen molar-refractivity contribution in [2.75, 3.05) is 11.9 Å². The predicted molar refractivity (Wildman–Crippen MR) is 103 cm³/mol. The third kappa shape index (κ3) is 2.75. The molecule has 2 aromatic carbocycles. The third-order valence-electron chi connectivity index (χ3n) is 4.54. The van der Waals surface area contributed by atoms with Gasteiger partial charge in [0, 0.05) is 22.1 Å². The molecule has 1 N–H and O–H groups in total. The highest BCUT2D eigenvalue weighted by Crippen LogP contribution is 2.36. The van der Waals surface area contributed by atoms with Crippen LogP contribution in [0.4, 0.5) is 5.82 Å². The van der Waals surface area contributed by atoms with Crippen LogP contribution in [0.2, 0.25) is 0 Å². The van der Waals surface area contributed by atoms with Gasteiger partial charge in [-0.15, -0.1) is 0 Å². The molecule has 0 amide bonds. The fraction of sp³-hybridized carbons (Fsp3) is 0.250. The van der Waals surface area contributed by atoms with E-state index in [4.69, 9.17) is 5.10 Å². The van der Waals surface area contributed by atoms with Gasteiger partial charge in [-0.05, 0) is 44.4 Å². The molecule has 3 aromatic rings. The molecule has 122 valence electrons. The Morgan fingerprint density at radius 1 is 1.04 bits per heavy atom. The number of fused-ring (bicyclic) bond motifs is 1. The zero-order valence-corrected chi connectivity index (χ0v) is 15.3. The van der Waals surface area contributed by atoms with Crippen LogP contribution in [0.15, 0.2) is 53.0 Å². The quantitative estimate of drug-likeness (QED) is 0.647. The van der Waals surface area contributed by atoms with Gasteiger partial charge in [-0.25, -0.2) is 4.68 Å². The Bertz CT molecular complexity index is 865. The second-order valence-corrected chi connectivity index (χ2v) is 7.14. The van der Waals surface area contributed by atoms with Crippen molar-refractivity contribution in [3.63, 3.8) is 0 Å². The van der Waals surface area contributed by atoms with Crippen LogP contribution in [-0.4, -0.2) is 16.3 Å². The van der Waals surface area contributed by atoms with Crippen molar-refractivity contribution in [3.05, 3.63) is 64.1 Å². The first-order chi connectivity index (χ1) is 11.7. The van der Waals surface area contributed by atoms with E-state index < -0.39 is 0 Å². The van der Waals surface area contributed by atoms with Gasteiger partial charge >= 0.3 is 0 Å². The van der Waals surface area contributed by atoms with Gasteiger partial charge in [0.1, 0.15) is 5.82 Å². The molecule has 0 saturated carbocycles. The summed E-state index contributed by atoms with van der Waals surface area (Å²) in [5.74, 6) is 1.14. The fourth-order valence-electron chi connectivity index (χ4n) is 3.24. The van der Waals surface area contributed by atoms with Crippen LogP contribution in [-0.2, 0) is 6.42 Å². The van der Waals surface area contributed by atoms with Crippen molar-refractivity contribution < 1.29 is 0 Å². The Morgan fingerprint density at radius 3 is 2.62 bits per heavy atom. The fourth-order valence-corrected chi connectivity index (χ4v) is 3.72. The van der Waals surface area contributed by atoms with Crippen LogP contribution in [0.5, 0.6) is 0 Å². The van der Waals surface area contributed by atoms with Crippen LogP contribution in [0, 0.1) is 6.92 Å². The molecule has 3 nitrogen and oxygen atoms in total. The summed E-state index contributed by atoms with van der Waals surface area (Å²) in [6.07, 6.45) is 3.44. The van der Waals surface area contributed by atoms with Crippen molar-refractivity contribution in [1.29, 1.82) is 0 Å². The highest BCUT2D eigenvalue weighted by Gasteiger charge is 2.22. The van der Waals surface area contributed by atoms with Crippen LogP contribution in [0.25, 0.3) is 16.9 Å². The lowest BCUT2D eigenvalue weighted by molar-refractivity contribution is 0.780. The molecule has 2 heterocycles. The summed E-state index contributed by atoms with van der Waals surface area (Å²) in [4.78, 5) is 0. The molecular formula is C20H20BrN3. The lowest BCUT2D eigenvalue weighted by Crippen LogP contribution is -2.07. The zero-order valence-electron chi connectivity index (χ0n) is 13.7. The van der Waals surface area contributed by atoms with E-state index in [9.17, 15) is 0 Å². The minimum absolute atomic E-state index is 1.000. The monoisotopic (exact) mass is 381 g/mol. The van der Waals surface area contributed by atoms with E-state index in [0.29, 0.717) is 0 Å². The second-order valence-electron chi connectivity index (χ2n) is 6.29. The smallest absolute Gasteiger partial charge is 0.133 e. The zero-order chi connectivity index (χ0) is 16.5.